The average molecular weight is 440 g/mol. The SMILES string of the molecule is Cc1ncc(NC(=O)CN2C[C@H]3CC[C@@H]2C3)cc1NC(=O)c1cnn2cc(Cl)ncc12. The third-order valence-corrected chi connectivity index (χ3v) is 6.30. The third-order valence-electron chi connectivity index (χ3n) is 6.11. The van der Waals surface area contributed by atoms with Crippen LogP contribution in [0.25, 0.3) is 5.52 Å². The monoisotopic (exact) mass is 439 g/mol. The first-order valence-corrected chi connectivity index (χ1v) is 10.6. The van der Waals surface area contributed by atoms with Gasteiger partial charge in [0.2, 0.25) is 5.91 Å². The van der Waals surface area contributed by atoms with Crippen molar-refractivity contribution in [2.45, 2.75) is 32.2 Å². The molecule has 5 rings (SSSR count). The lowest BCUT2D eigenvalue weighted by atomic mass is 10.1. The van der Waals surface area contributed by atoms with Gasteiger partial charge in [0.15, 0.2) is 0 Å². The molecule has 1 aliphatic heterocycles. The standard InChI is InChI=1S/C21H22ClN7O2/c1-12-17(27-21(31)16-7-25-29-10-19(22)24-8-18(16)29)5-14(6-23-12)26-20(30)11-28-9-13-2-3-15(28)4-13/h5-8,10,13,15H,2-4,9,11H2,1H3,(H,26,30)(H,27,31)/t13-,15+/m0/s1. The van der Waals surface area contributed by atoms with E-state index >= 15 is 0 Å². The Kier molecular flexibility index (Phi) is 5.07. The molecule has 0 unspecified atom stereocenters. The molecule has 3 aromatic rings. The first-order chi connectivity index (χ1) is 15.0. The first kappa shape index (κ1) is 19.9. The summed E-state index contributed by atoms with van der Waals surface area (Å²) in [5.41, 5.74) is 2.60. The van der Waals surface area contributed by atoms with Crippen LogP contribution in [0.4, 0.5) is 11.4 Å². The van der Waals surface area contributed by atoms with Gasteiger partial charge in [0.1, 0.15) is 5.15 Å². The molecule has 31 heavy (non-hydrogen) atoms. The van der Waals surface area contributed by atoms with Gasteiger partial charge in [-0.05, 0) is 38.2 Å². The Morgan fingerprint density at radius 3 is 2.84 bits per heavy atom. The van der Waals surface area contributed by atoms with E-state index in [4.69, 9.17) is 11.6 Å². The predicted octanol–water partition coefficient (Wildman–Crippen LogP) is 2.76. The van der Waals surface area contributed by atoms with Gasteiger partial charge in [-0.15, -0.1) is 0 Å². The van der Waals surface area contributed by atoms with Crippen LogP contribution in [0, 0.1) is 12.8 Å². The summed E-state index contributed by atoms with van der Waals surface area (Å²) in [5.74, 6) is 0.327. The predicted molar refractivity (Wildman–Crippen MR) is 116 cm³/mol. The van der Waals surface area contributed by atoms with Crippen LogP contribution in [0.5, 0.6) is 0 Å². The van der Waals surface area contributed by atoms with Crippen molar-refractivity contribution < 1.29 is 9.59 Å². The molecule has 2 amide bonds. The summed E-state index contributed by atoms with van der Waals surface area (Å²) >= 11 is 5.87. The van der Waals surface area contributed by atoms with Crippen molar-refractivity contribution >= 4 is 40.3 Å². The molecule has 3 aromatic heterocycles. The number of halogens is 1. The largest absolute Gasteiger partial charge is 0.324 e. The minimum Gasteiger partial charge on any atom is -0.324 e. The summed E-state index contributed by atoms with van der Waals surface area (Å²) in [6.45, 7) is 3.18. The number of fused-ring (bicyclic) bond motifs is 3. The lowest BCUT2D eigenvalue weighted by molar-refractivity contribution is -0.117. The molecule has 1 saturated heterocycles. The average Bonchev–Trinajstić information content (AvgIpc) is 3.45. The minimum atomic E-state index is -0.347. The fourth-order valence-electron chi connectivity index (χ4n) is 4.56. The van der Waals surface area contributed by atoms with E-state index < -0.39 is 0 Å². The summed E-state index contributed by atoms with van der Waals surface area (Å²) in [4.78, 5) is 35.9. The molecule has 2 aliphatic rings. The van der Waals surface area contributed by atoms with Crippen LogP contribution in [0.2, 0.25) is 5.15 Å². The number of likely N-dealkylation sites (tertiary alicyclic amines) is 1. The Hall–Kier alpha value is -3.04. The maximum absolute atomic E-state index is 12.8. The lowest BCUT2D eigenvalue weighted by Gasteiger charge is -2.25. The van der Waals surface area contributed by atoms with E-state index in [1.165, 1.54) is 42.4 Å². The number of nitrogens with zero attached hydrogens (tertiary/aromatic N) is 5. The Bertz CT molecular complexity index is 1180. The Morgan fingerprint density at radius 2 is 2.06 bits per heavy atom. The molecule has 2 bridgehead atoms. The number of carbonyl (C=O) groups is 2. The van der Waals surface area contributed by atoms with E-state index in [9.17, 15) is 9.59 Å². The zero-order valence-corrected chi connectivity index (χ0v) is 17.8. The number of aromatic nitrogens is 4. The van der Waals surface area contributed by atoms with Crippen molar-refractivity contribution in [1.29, 1.82) is 0 Å². The molecular formula is C21H22ClN7O2. The Morgan fingerprint density at radius 1 is 1.19 bits per heavy atom. The summed E-state index contributed by atoms with van der Waals surface area (Å²) in [6.07, 6.45) is 9.76. The molecular weight excluding hydrogens is 418 g/mol. The molecule has 160 valence electrons. The van der Waals surface area contributed by atoms with Gasteiger partial charge < -0.3 is 10.6 Å². The highest BCUT2D eigenvalue weighted by atomic mass is 35.5. The van der Waals surface area contributed by atoms with Crippen LogP contribution in [0.3, 0.4) is 0 Å². The number of pyridine rings is 1. The molecule has 0 spiro atoms. The lowest BCUT2D eigenvalue weighted by Crippen LogP contribution is -2.38. The first-order valence-electron chi connectivity index (χ1n) is 10.3. The van der Waals surface area contributed by atoms with E-state index in [-0.39, 0.29) is 17.0 Å². The van der Waals surface area contributed by atoms with Gasteiger partial charge in [-0.25, -0.2) is 9.50 Å². The van der Waals surface area contributed by atoms with Gasteiger partial charge in [-0.2, -0.15) is 5.10 Å². The van der Waals surface area contributed by atoms with Crippen molar-refractivity contribution in [1.82, 2.24) is 24.5 Å². The minimum absolute atomic E-state index is 0.0685. The smallest absolute Gasteiger partial charge is 0.259 e. The van der Waals surface area contributed by atoms with E-state index in [2.05, 4.69) is 30.6 Å². The van der Waals surface area contributed by atoms with Crippen molar-refractivity contribution in [3.05, 3.63) is 47.3 Å². The third kappa shape index (κ3) is 3.98. The van der Waals surface area contributed by atoms with Gasteiger partial charge in [0.05, 0.1) is 59.5 Å². The van der Waals surface area contributed by atoms with Crippen molar-refractivity contribution in [2.75, 3.05) is 23.7 Å². The maximum Gasteiger partial charge on any atom is 0.259 e. The van der Waals surface area contributed by atoms with Crippen molar-refractivity contribution in [3.8, 4) is 0 Å². The molecule has 1 saturated carbocycles. The fraction of sp³-hybridized carbons (Fsp3) is 0.381. The molecule has 9 nitrogen and oxygen atoms in total. The number of anilines is 2. The fourth-order valence-corrected chi connectivity index (χ4v) is 4.70. The van der Waals surface area contributed by atoms with E-state index in [0.29, 0.717) is 40.7 Å². The van der Waals surface area contributed by atoms with E-state index in [0.717, 1.165) is 12.5 Å². The second kappa shape index (κ2) is 7.90. The highest BCUT2D eigenvalue weighted by Gasteiger charge is 2.38. The van der Waals surface area contributed by atoms with Crippen LogP contribution in [-0.2, 0) is 4.79 Å². The van der Waals surface area contributed by atoms with Crippen molar-refractivity contribution in [2.24, 2.45) is 5.92 Å². The Balaban J connectivity index is 1.28. The highest BCUT2D eigenvalue weighted by molar-refractivity contribution is 6.29. The number of hydrogen-bond acceptors (Lipinski definition) is 6. The number of carbonyl (C=O) groups excluding carboxylic acids is 2. The number of piperidine rings is 1. The molecule has 4 heterocycles. The number of hydrogen-bond donors (Lipinski definition) is 2. The molecule has 2 fully saturated rings. The van der Waals surface area contributed by atoms with Gasteiger partial charge >= 0.3 is 0 Å². The van der Waals surface area contributed by atoms with E-state index in [1.807, 2.05) is 0 Å². The molecule has 2 N–H and O–H groups in total. The maximum atomic E-state index is 12.8. The van der Waals surface area contributed by atoms with Crippen LogP contribution in [0.15, 0.2) is 30.9 Å². The quantitative estimate of drug-likeness (QED) is 0.633. The molecule has 2 atom stereocenters. The molecule has 10 heteroatoms. The molecule has 1 aliphatic carbocycles. The van der Waals surface area contributed by atoms with Gasteiger partial charge in [-0.3, -0.25) is 19.5 Å². The second-order valence-electron chi connectivity index (χ2n) is 8.22. The van der Waals surface area contributed by atoms with Gasteiger partial charge in [0.25, 0.3) is 5.91 Å². The second-order valence-corrected chi connectivity index (χ2v) is 8.61. The van der Waals surface area contributed by atoms with E-state index in [1.54, 1.807) is 19.2 Å². The number of nitrogens with one attached hydrogen (secondary N) is 2. The van der Waals surface area contributed by atoms with Gasteiger partial charge in [-0.1, -0.05) is 11.6 Å². The summed E-state index contributed by atoms with van der Waals surface area (Å²) < 4.78 is 1.50. The summed E-state index contributed by atoms with van der Waals surface area (Å²) in [7, 11) is 0. The zero-order chi connectivity index (χ0) is 21.5. The summed E-state index contributed by atoms with van der Waals surface area (Å²) in [6, 6.07) is 2.26. The van der Waals surface area contributed by atoms with Crippen molar-refractivity contribution in [3.63, 3.8) is 0 Å². The number of aryl methyl sites for hydroxylation is 1. The molecule has 0 aromatic carbocycles. The highest BCUT2D eigenvalue weighted by Crippen LogP contribution is 2.37. The topological polar surface area (TPSA) is 105 Å². The van der Waals surface area contributed by atoms with Crippen LogP contribution in [-0.4, -0.2) is 55.4 Å². The zero-order valence-electron chi connectivity index (χ0n) is 17.0. The molecule has 0 radical (unpaired) electrons. The summed E-state index contributed by atoms with van der Waals surface area (Å²) in [5, 5.41) is 10.2. The number of rotatable bonds is 5. The van der Waals surface area contributed by atoms with Crippen LogP contribution < -0.4 is 10.6 Å². The van der Waals surface area contributed by atoms with Crippen LogP contribution >= 0.6 is 11.6 Å². The Labute approximate surface area is 183 Å². The number of amides is 2. The van der Waals surface area contributed by atoms with Crippen LogP contribution in [0.1, 0.15) is 35.3 Å². The normalized spacial score (nSPS) is 20.3. The van der Waals surface area contributed by atoms with Gasteiger partial charge in [0, 0.05) is 12.6 Å².